The van der Waals surface area contributed by atoms with E-state index in [1.165, 1.54) is 17.0 Å². The van der Waals surface area contributed by atoms with Gasteiger partial charge < -0.3 is 9.64 Å². The quantitative estimate of drug-likeness (QED) is 0.507. The van der Waals surface area contributed by atoms with Crippen LogP contribution < -0.4 is 9.04 Å². The van der Waals surface area contributed by atoms with Crippen LogP contribution in [0.4, 0.5) is 5.69 Å². The van der Waals surface area contributed by atoms with Crippen molar-refractivity contribution < 1.29 is 17.9 Å². The van der Waals surface area contributed by atoms with Crippen LogP contribution in [0.5, 0.6) is 5.75 Å². The molecule has 0 atom stereocenters. The standard InChI is InChI=1S/C23H23ClN2O4S/c1-25(16-18-10-6-9-15-22(18)30-2)23(27)17-26(21-14-8-7-13-20(21)24)31(28,29)19-11-4-3-5-12-19/h3-15H,16-17H2,1-2H3. The second-order valence-corrected chi connectivity index (χ2v) is 9.11. The van der Waals surface area contributed by atoms with Crippen LogP contribution >= 0.6 is 11.6 Å². The molecule has 0 aliphatic heterocycles. The molecule has 1 amide bonds. The fourth-order valence-electron chi connectivity index (χ4n) is 3.09. The van der Waals surface area contributed by atoms with Crippen molar-refractivity contribution in [2.45, 2.75) is 11.4 Å². The first kappa shape index (κ1) is 22.7. The molecule has 31 heavy (non-hydrogen) atoms. The lowest BCUT2D eigenvalue weighted by atomic mass is 10.2. The molecule has 0 saturated carbocycles. The molecule has 0 bridgehead atoms. The molecule has 0 heterocycles. The van der Waals surface area contributed by atoms with Crippen LogP contribution in [-0.4, -0.2) is 39.9 Å². The number of benzene rings is 3. The lowest BCUT2D eigenvalue weighted by molar-refractivity contribution is -0.128. The van der Waals surface area contributed by atoms with E-state index in [9.17, 15) is 13.2 Å². The lowest BCUT2D eigenvalue weighted by Crippen LogP contribution is -2.41. The second kappa shape index (κ2) is 9.85. The van der Waals surface area contributed by atoms with Gasteiger partial charge in [-0.3, -0.25) is 9.10 Å². The van der Waals surface area contributed by atoms with Crippen molar-refractivity contribution in [2.75, 3.05) is 25.0 Å². The Morgan fingerprint density at radius 1 is 0.935 bits per heavy atom. The number of anilines is 1. The third-order valence-corrected chi connectivity index (χ3v) is 6.85. The second-order valence-electron chi connectivity index (χ2n) is 6.84. The third kappa shape index (κ3) is 5.18. The highest BCUT2D eigenvalue weighted by Crippen LogP contribution is 2.30. The SMILES string of the molecule is COc1ccccc1CN(C)C(=O)CN(c1ccccc1Cl)S(=O)(=O)c1ccccc1. The summed E-state index contributed by atoms with van der Waals surface area (Å²) in [6.45, 7) is -0.128. The molecule has 3 aromatic rings. The number of likely N-dealkylation sites (N-methyl/N-ethyl adjacent to an activating group) is 1. The summed E-state index contributed by atoms with van der Waals surface area (Å²) in [6, 6.07) is 21.9. The molecule has 6 nitrogen and oxygen atoms in total. The molecule has 0 aliphatic carbocycles. The van der Waals surface area contributed by atoms with Gasteiger partial charge in [0.1, 0.15) is 12.3 Å². The van der Waals surface area contributed by atoms with E-state index >= 15 is 0 Å². The Bertz CT molecular complexity index is 1150. The van der Waals surface area contributed by atoms with E-state index in [2.05, 4.69) is 0 Å². The van der Waals surface area contributed by atoms with Gasteiger partial charge in [-0.05, 0) is 30.3 Å². The van der Waals surface area contributed by atoms with E-state index < -0.39 is 16.6 Å². The highest BCUT2D eigenvalue weighted by molar-refractivity contribution is 7.92. The number of carbonyl (C=O) groups is 1. The number of para-hydroxylation sites is 2. The molecule has 0 spiro atoms. The lowest BCUT2D eigenvalue weighted by Gasteiger charge is -2.27. The zero-order valence-electron chi connectivity index (χ0n) is 17.2. The number of amides is 1. The zero-order valence-corrected chi connectivity index (χ0v) is 18.8. The highest BCUT2D eigenvalue weighted by atomic mass is 35.5. The number of nitrogens with zero attached hydrogens (tertiary/aromatic N) is 2. The first-order valence-corrected chi connectivity index (χ1v) is 11.3. The van der Waals surface area contributed by atoms with Gasteiger partial charge in [0, 0.05) is 19.2 Å². The van der Waals surface area contributed by atoms with Crippen LogP contribution in [0.3, 0.4) is 0 Å². The fraction of sp³-hybridized carbons (Fsp3) is 0.174. The molecular formula is C23H23ClN2O4S. The average Bonchev–Trinajstić information content (AvgIpc) is 2.78. The zero-order chi connectivity index (χ0) is 22.4. The van der Waals surface area contributed by atoms with Crippen LogP contribution in [0.1, 0.15) is 5.56 Å². The Kier molecular flexibility index (Phi) is 7.20. The summed E-state index contributed by atoms with van der Waals surface area (Å²) in [5.41, 5.74) is 1.06. The average molecular weight is 459 g/mol. The molecule has 3 aromatic carbocycles. The summed E-state index contributed by atoms with van der Waals surface area (Å²) in [6.07, 6.45) is 0. The number of rotatable bonds is 8. The number of halogens is 1. The molecule has 3 rings (SSSR count). The Hall–Kier alpha value is -3.03. The van der Waals surface area contributed by atoms with Gasteiger partial charge in [-0.25, -0.2) is 8.42 Å². The van der Waals surface area contributed by atoms with E-state index in [1.54, 1.807) is 56.6 Å². The monoisotopic (exact) mass is 458 g/mol. The smallest absolute Gasteiger partial charge is 0.264 e. The molecule has 0 saturated heterocycles. The predicted octanol–water partition coefficient (Wildman–Crippen LogP) is 4.20. The fourth-order valence-corrected chi connectivity index (χ4v) is 4.84. The van der Waals surface area contributed by atoms with Crippen LogP contribution in [0.2, 0.25) is 5.02 Å². The van der Waals surface area contributed by atoms with Gasteiger partial charge in [-0.15, -0.1) is 0 Å². The number of hydrogen-bond donors (Lipinski definition) is 0. The summed E-state index contributed by atoms with van der Waals surface area (Å²) in [7, 11) is -0.833. The van der Waals surface area contributed by atoms with Gasteiger partial charge in [0.2, 0.25) is 5.91 Å². The molecule has 0 N–H and O–H groups in total. The maximum atomic E-state index is 13.4. The Balaban J connectivity index is 1.92. The Labute approximate surface area is 187 Å². The van der Waals surface area contributed by atoms with Gasteiger partial charge in [-0.1, -0.05) is 60.1 Å². The van der Waals surface area contributed by atoms with Gasteiger partial charge in [-0.2, -0.15) is 0 Å². The van der Waals surface area contributed by atoms with Gasteiger partial charge in [0.25, 0.3) is 10.0 Å². The van der Waals surface area contributed by atoms with Crippen molar-refractivity contribution in [2.24, 2.45) is 0 Å². The van der Waals surface area contributed by atoms with Crippen molar-refractivity contribution in [3.05, 3.63) is 89.4 Å². The molecule has 8 heteroatoms. The van der Waals surface area contributed by atoms with Gasteiger partial charge in [0.05, 0.1) is 22.7 Å². The first-order valence-electron chi connectivity index (χ1n) is 9.52. The number of ether oxygens (including phenoxy) is 1. The molecular weight excluding hydrogens is 436 g/mol. The van der Waals surface area contributed by atoms with Crippen LogP contribution in [0.25, 0.3) is 0 Å². The maximum Gasteiger partial charge on any atom is 0.264 e. The minimum atomic E-state index is -4.01. The largest absolute Gasteiger partial charge is 0.496 e. The number of carbonyl (C=O) groups excluding carboxylic acids is 1. The molecule has 0 fully saturated rings. The predicted molar refractivity (Wildman–Crippen MR) is 122 cm³/mol. The van der Waals surface area contributed by atoms with E-state index in [-0.39, 0.29) is 28.1 Å². The molecule has 0 unspecified atom stereocenters. The number of hydrogen-bond acceptors (Lipinski definition) is 4. The van der Waals surface area contributed by atoms with E-state index in [0.29, 0.717) is 5.75 Å². The van der Waals surface area contributed by atoms with Crippen LogP contribution in [0, 0.1) is 0 Å². The molecule has 0 aliphatic rings. The van der Waals surface area contributed by atoms with E-state index in [0.717, 1.165) is 9.87 Å². The Morgan fingerprint density at radius 3 is 2.23 bits per heavy atom. The van der Waals surface area contributed by atoms with Crippen molar-refractivity contribution in [3.8, 4) is 5.75 Å². The normalized spacial score (nSPS) is 11.1. The van der Waals surface area contributed by atoms with Crippen molar-refractivity contribution >= 4 is 33.2 Å². The van der Waals surface area contributed by atoms with E-state index in [4.69, 9.17) is 16.3 Å². The van der Waals surface area contributed by atoms with Crippen molar-refractivity contribution in [1.29, 1.82) is 0 Å². The summed E-state index contributed by atoms with van der Waals surface area (Å²) in [5.74, 6) is 0.271. The topological polar surface area (TPSA) is 66.9 Å². The van der Waals surface area contributed by atoms with Gasteiger partial charge in [0.15, 0.2) is 0 Å². The highest BCUT2D eigenvalue weighted by Gasteiger charge is 2.29. The Morgan fingerprint density at radius 2 is 1.55 bits per heavy atom. The summed E-state index contributed by atoms with van der Waals surface area (Å²) < 4.78 is 33.1. The molecule has 0 aromatic heterocycles. The first-order chi connectivity index (χ1) is 14.8. The maximum absolute atomic E-state index is 13.4. The molecule has 162 valence electrons. The minimum absolute atomic E-state index is 0.0788. The van der Waals surface area contributed by atoms with Crippen molar-refractivity contribution in [3.63, 3.8) is 0 Å². The van der Waals surface area contributed by atoms with E-state index in [1.807, 2.05) is 24.3 Å². The molecule has 0 radical (unpaired) electrons. The van der Waals surface area contributed by atoms with Gasteiger partial charge >= 0.3 is 0 Å². The minimum Gasteiger partial charge on any atom is -0.496 e. The number of sulfonamides is 1. The number of methoxy groups -OCH3 is 1. The summed E-state index contributed by atoms with van der Waals surface area (Å²) in [4.78, 5) is 14.6. The van der Waals surface area contributed by atoms with Crippen LogP contribution in [-0.2, 0) is 21.4 Å². The summed E-state index contributed by atoms with van der Waals surface area (Å²) >= 11 is 6.30. The van der Waals surface area contributed by atoms with Crippen LogP contribution in [0.15, 0.2) is 83.8 Å². The van der Waals surface area contributed by atoms with Crippen molar-refractivity contribution in [1.82, 2.24) is 4.90 Å². The third-order valence-electron chi connectivity index (χ3n) is 4.76. The summed E-state index contributed by atoms with van der Waals surface area (Å²) in [5, 5.41) is 0.238.